The van der Waals surface area contributed by atoms with Gasteiger partial charge in [0.15, 0.2) is 11.6 Å². The zero-order valence-corrected chi connectivity index (χ0v) is 16.2. The van der Waals surface area contributed by atoms with E-state index in [0.717, 1.165) is 23.1 Å². The number of hydrogen-bond donors (Lipinski definition) is 0. The fourth-order valence-electron chi connectivity index (χ4n) is 2.89. The Labute approximate surface area is 168 Å². The molecule has 0 radical (unpaired) electrons. The summed E-state index contributed by atoms with van der Waals surface area (Å²) in [6.07, 6.45) is -1.10. The van der Waals surface area contributed by atoms with Gasteiger partial charge in [0.25, 0.3) is 0 Å². The highest BCUT2D eigenvalue weighted by Crippen LogP contribution is 2.29. The molecule has 0 aliphatic heterocycles. The number of nitrogens with zero attached hydrogens (tertiary/aromatic N) is 2. The zero-order valence-electron chi connectivity index (χ0n) is 16.2. The zero-order chi connectivity index (χ0) is 22.2. The summed E-state index contributed by atoms with van der Waals surface area (Å²) in [5.74, 6) is -2.33. The van der Waals surface area contributed by atoms with E-state index in [1.807, 2.05) is 0 Å². The third kappa shape index (κ3) is 3.84. The molecular weight excluding hydrogens is 402 g/mol. The van der Waals surface area contributed by atoms with Crippen LogP contribution in [0.15, 0.2) is 39.5 Å². The van der Waals surface area contributed by atoms with Crippen LogP contribution in [0.25, 0.3) is 11.0 Å². The maximum absolute atomic E-state index is 14.4. The van der Waals surface area contributed by atoms with Crippen molar-refractivity contribution in [3.05, 3.63) is 79.2 Å². The molecule has 1 heterocycles. The van der Waals surface area contributed by atoms with Gasteiger partial charge < -0.3 is 14.1 Å². The van der Waals surface area contributed by atoms with E-state index in [4.69, 9.17) is 9.15 Å². The maximum atomic E-state index is 14.4. The van der Waals surface area contributed by atoms with Crippen LogP contribution < -0.4 is 10.4 Å². The molecule has 0 N–H and O–H groups in total. The predicted molar refractivity (Wildman–Crippen MR) is 103 cm³/mol. The number of carbonyl (C=O) groups is 1. The third-order valence-electron chi connectivity index (χ3n) is 4.52. The monoisotopic (exact) mass is 418 g/mol. The molecule has 0 aliphatic rings. The number of benzene rings is 2. The molecule has 156 valence electrons. The number of halogens is 2. The lowest BCUT2D eigenvalue weighted by atomic mass is 9.99. The van der Waals surface area contributed by atoms with E-state index in [-0.39, 0.29) is 28.5 Å². The van der Waals surface area contributed by atoms with Crippen LogP contribution in [-0.2, 0) is 6.42 Å². The van der Waals surface area contributed by atoms with Gasteiger partial charge in [0.1, 0.15) is 5.58 Å². The standard InChI is InChI=1S/C20H16F2N2O6/c1-10-12-8-14(21)17(30-20(26)23(2)3)9-16(12)29-19(25)13(10)7-11-5-4-6-15(18(11)22)24(27)28/h4-6,8-9H,7H2,1-3H3. The molecule has 2 aromatic carbocycles. The molecule has 1 aromatic heterocycles. The summed E-state index contributed by atoms with van der Waals surface area (Å²) in [6, 6.07) is 5.76. The second-order valence-electron chi connectivity index (χ2n) is 6.72. The highest BCUT2D eigenvalue weighted by Gasteiger charge is 2.21. The number of ether oxygens (including phenoxy) is 1. The molecular formula is C20H16F2N2O6. The Hall–Kier alpha value is -3.82. The molecule has 0 atom stereocenters. The number of carbonyl (C=O) groups excluding carboxylic acids is 1. The van der Waals surface area contributed by atoms with Gasteiger partial charge in [-0.2, -0.15) is 4.39 Å². The summed E-state index contributed by atoms with van der Waals surface area (Å²) >= 11 is 0. The Bertz CT molecular complexity index is 1240. The molecule has 0 aliphatic carbocycles. The molecule has 0 saturated carbocycles. The average Bonchev–Trinajstić information content (AvgIpc) is 2.67. The van der Waals surface area contributed by atoms with Crippen molar-refractivity contribution in [2.45, 2.75) is 13.3 Å². The van der Waals surface area contributed by atoms with Gasteiger partial charge in [-0.1, -0.05) is 12.1 Å². The smallest absolute Gasteiger partial charge is 0.414 e. The van der Waals surface area contributed by atoms with Gasteiger partial charge >= 0.3 is 17.4 Å². The molecule has 0 fully saturated rings. The van der Waals surface area contributed by atoms with Crippen LogP contribution in [0.5, 0.6) is 5.75 Å². The Morgan fingerprint density at radius 2 is 1.97 bits per heavy atom. The van der Waals surface area contributed by atoms with Crippen LogP contribution in [0.4, 0.5) is 19.3 Å². The Kier molecular flexibility index (Phi) is 5.50. The number of amides is 1. The van der Waals surface area contributed by atoms with Crippen molar-refractivity contribution in [3.8, 4) is 5.75 Å². The van der Waals surface area contributed by atoms with E-state index in [0.29, 0.717) is 5.56 Å². The summed E-state index contributed by atoms with van der Waals surface area (Å²) in [4.78, 5) is 35.3. The van der Waals surface area contributed by atoms with Crippen LogP contribution in [0, 0.1) is 28.7 Å². The van der Waals surface area contributed by atoms with Gasteiger partial charge in [-0.25, -0.2) is 14.0 Å². The van der Waals surface area contributed by atoms with Gasteiger partial charge in [0.05, 0.1) is 4.92 Å². The summed E-state index contributed by atoms with van der Waals surface area (Å²) in [5, 5.41) is 11.1. The molecule has 3 rings (SSSR count). The second-order valence-corrected chi connectivity index (χ2v) is 6.72. The molecule has 0 bridgehead atoms. The highest BCUT2D eigenvalue weighted by atomic mass is 19.1. The van der Waals surface area contributed by atoms with Gasteiger partial charge in [-0.15, -0.1) is 0 Å². The maximum Gasteiger partial charge on any atom is 0.414 e. The first-order valence-electron chi connectivity index (χ1n) is 8.67. The van der Waals surface area contributed by atoms with Crippen molar-refractivity contribution in [2.24, 2.45) is 0 Å². The number of hydrogen-bond acceptors (Lipinski definition) is 6. The van der Waals surface area contributed by atoms with Gasteiger partial charge in [-0.05, 0) is 24.1 Å². The van der Waals surface area contributed by atoms with Crippen molar-refractivity contribution in [1.82, 2.24) is 4.90 Å². The highest BCUT2D eigenvalue weighted by molar-refractivity contribution is 5.83. The Morgan fingerprint density at radius 3 is 2.60 bits per heavy atom. The van der Waals surface area contributed by atoms with Crippen LogP contribution in [-0.4, -0.2) is 30.0 Å². The quantitative estimate of drug-likeness (QED) is 0.361. The number of aryl methyl sites for hydroxylation is 1. The van der Waals surface area contributed by atoms with E-state index >= 15 is 0 Å². The van der Waals surface area contributed by atoms with Crippen molar-refractivity contribution < 1.29 is 27.7 Å². The van der Waals surface area contributed by atoms with E-state index in [9.17, 15) is 28.5 Å². The van der Waals surface area contributed by atoms with Gasteiger partial charge in [0, 0.05) is 43.6 Å². The first-order chi connectivity index (χ1) is 14.1. The minimum absolute atomic E-state index is 0.0243. The first-order valence-corrected chi connectivity index (χ1v) is 8.67. The normalized spacial score (nSPS) is 10.8. The SMILES string of the molecule is Cc1c(Cc2cccc([N+](=O)[O-])c2F)c(=O)oc2cc(OC(=O)N(C)C)c(F)cc12. The molecule has 30 heavy (non-hydrogen) atoms. The van der Waals surface area contributed by atoms with Gasteiger partial charge in [0.2, 0.25) is 5.82 Å². The lowest BCUT2D eigenvalue weighted by Crippen LogP contribution is -2.25. The van der Waals surface area contributed by atoms with Crippen molar-refractivity contribution in [2.75, 3.05) is 14.1 Å². The van der Waals surface area contributed by atoms with Crippen LogP contribution in [0.1, 0.15) is 16.7 Å². The number of nitro groups is 1. The predicted octanol–water partition coefficient (Wildman–Crippen LogP) is 3.94. The molecule has 10 heteroatoms. The van der Waals surface area contributed by atoms with Crippen molar-refractivity contribution in [1.29, 1.82) is 0 Å². The Morgan fingerprint density at radius 1 is 1.27 bits per heavy atom. The molecule has 3 aromatic rings. The fourth-order valence-corrected chi connectivity index (χ4v) is 2.89. The summed E-state index contributed by atoms with van der Waals surface area (Å²) < 4.78 is 39.0. The second kappa shape index (κ2) is 7.90. The van der Waals surface area contributed by atoms with Crippen LogP contribution >= 0.6 is 0 Å². The molecule has 8 nitrogen and oxygen atoms in total. The molecule has 0 spiro atoms. The minimum atomic E-state index is -1.06. The number of fused-ring (bicyclic) bond motifs is 1. The molecule has 1 amide bonds. The summed E-state index contributed by atoms with van der Waals surface area (Å²) in [5.41, 5.74) is -1.29. The topological polar surface area (TPSA) is 103 Å². The third-order valence-corrected chi connectivity index (χ3v) is 4.52. The lowest BCUT2D eigenvalue weighted by Gasteiger charge is -2.13. The van der Waals surface area contributed by atoms with Gasteiger partial charge in [-0.3, -0.25) is 10.1 Å². The fraction of sp³-hybridized carbons (Fsp3) is 0.200. The van der Waals surface area contributed by atoms with Crippen LogP contribution in [0.3, 0.4) is 0 Å². The van der Waals surface area contributed by atoms with E-state index in [2.05, 4.69) is 0 Å². The minimum Gasteiger partial charge on any atom is -0.422 e. The summed E-state index contributed by atoms with van der Waals surface area (Å²) in [7, 11) is 2.84. The summed E-state index contributed by atoms with van der Waals surface area (Å²) in [6.45, 7) is 1.52. The first kappa shape index (κ1) is 20.9. The van der Waals surface area contributed by atoms with E-state index in [1.165, 1.54) is 33.2 Å². The lowest BCUT2D eigenvalue weighted by molar-refractivity contribution is -0.387. The number of rotatable bonds is 4. The van der Waals surface area contributed by atoms with Crippen molar-refractivity contribution in [3.63, 3.8) is 0 Å². The van der Waals surface area contributed by atoms with E-state index < -0.39 is 39.7 Å². The Balaban J connectivity index is 2.08. The van der Waals surface area contributed by atoms with Crippen LogP contribution in [0.2, 0.25) is 0 Å². The average molecular weight is 418 g/mol. The molecule has 0 saturated heterocycles. The molecule has 0 unspecified atom stereocenters. The van der Waals surface area contributed by atoms with E-state index in [1.54, 1.807) is 0 Å². The number of nitro benzene ring substituents is 1. The largest absolute Gasteiger partial charge is 0.422 e. The van der Waals surface area contributed by atoms with Crippen molar-refractivity contribution >= 4 is 22.7 Å².